The molecule has 0 aromatic heterocycles. The molecule has 0 bridgehead atoms. The fourth-order valence-electron chi connectivity index (χ4n) is 4.85. The number of anilines is 1. The van der Waals surface area contributed by atoms with Gasteiger partial charge in [0, 0.05) is 17.0 Å². The smallest absolute Gasteiger partial charge is 0.319 e. The Labute approximate surface area is 243 Å². The van der Waals surface area contributed by atoms with Gasteiger partial charge in [-0.3, -0.25) is 9.59 Å². The van der Waals surface area contributed by atoms with Crippen LogP contribution in [0.4, 0.5) is 14.9 Å². The SMILES string of the molecule is Cc1ccccc1CNC(=O)C1N(C(=O)[C@@H](O)[C@H](Cc2ccccc2)NC(=O)Nc2cccc(F)c2)CSC1(C)C. The molecule has 4 rings (SSSR count). The van der Waals surface area contributed by atoms with Crippen molar-refractivity contribution < 1.29 is 23.9 Å². The molecule has 0 saturated carbocycles. The monoisotopic (exact) mass is 578 g/mol. The second-order valence-corrected chi connectivity index (χ2v) is 12.2. The molecular formula is C31H35FN4O4S. The van der Waals surface area contributed by atoms with Gasteiger partial charge >= 0.3 is 6.03 Å². The van der Waals surface area contributed by atoms with Crippen LogP contribution in [0, 0.1) is 12.7 Å². The van der Waals surface area contributed by atoms with Crippen LogP contribution in [0.5, 0.6) is 0 Å². The lowest BCUT2D eigenvalue weighted by atomic mass is 9.97. The lowest BCUT2D eigenvalue weighted by molar-refractivity contribution is -0.147. The maximum absolute atomic E-state index is 13.8. The Morgan fingerprint density at radius 2 is 1.76 bits per heavy atom. The van der Waals surface area contributed by atoms with E-state index in [0.717, 1.165) is 22.8 Å². The van der Waals surface area contributed by atoms with Gasteiger partial charge in [-0.15, -0.1) is 11.8 Å². The molecule has 1 unspecified atom stereocenters. The summed E-state index contributed by atoms with van der Waals surface area (Å²) in [5, 5.41) is 19.5. The molecule has 3 atom stereocenters. The number of aliphatic hydroxyl groups excluding tert-OH is 1. The Morgan fingerprint density at radius 3 is 2.46 bits per heavy atom. The Bertz CT molecular complexity index is 1390. The van der Waals surface area contributed by atoms with Gasteiger partial charge in [-0.2, -0.15) is 0 Å². The molecule has 41 heavy (non-hydrogen) atoms. The maximum atomic E-state index is 13.8. The molecule has 8 nitrogen and oxygen atoms in total. The fourth-order valence-corrected chi connectivity index (χ4v) is 5.99. The zero-order valence-corrected chi connectivity index (χ0v) is 24.1. The number of nitrogens with one attached hydrogen (secondary N) is 3. The molecule has 1 heterocycles. The molecule has 0 aliphatic carbocycles. The third-order valence-corrected chi connectivity index (χ3v) is 8.50. The van der Waals surface area contributed by atoms with Crippen molar-refractivity contribution in [3.05, 3.63) is 101 Å². The summed E-state index contributed by atoms with van der Waals surface area (Å²) in [6, 6.07) is 19.7. The average molecular weight is 579 g/mol. The van der Waals surface area contributed by atoms with E-state index in [4.69, 9.17) is 0 Å². The minimum atomic E-state index is -1.64. The molecule has 1 aliphatic rings. The van der Waals surface area contributed by atoms with Gasteiger partial charge in [0.1, 0.15) is 11.9 Å². The number of rotatable bonds is 9. The molecule has 1 aliphatic heterocycles. The van der Waals surface area contributed by atoms with Gasteiger partial charge in [-0.1, -0.05) is 60.7 Å². The number of hydrogen-bond donors (Lipinski definition) is 4. The van der Waals surface area contributed by atoms with E-state index in [-0.39, 0.29) is 23.9 Å². The number of urea groups is 1. The van der Waals surface area contributed by atoms with Gasteiger partial charge in [0.25, 0.3) is 5.91 Å². The molecule has 0 radical (unpaired) electrons. The lowest BCUT2D eigenvalue weighted by Crippen LogP contribution is -2.59. The third kappa shape index (κ3) is 7.65. The Balaban J connectivity index is 1.51. The summed E-state index contributed by atoms with van der Waals surface area (Å²) in [6.45, 7) is 6.06. The fraction of sp³-hybridized carbons (Fsp3) is 0.323. The van der Waals surface area contributed by atoms with E-state index >= 15 is 0 Å². The van der Waals surface area contributed by atoms with Gasteiger partial charge in [0.05, 0.1) is 11.9 Å². The Morgan fingerprint density at radius 1 is 1.05 bits per heavy atom. The number of thioether (sulfide) groups is 1. The molecular weight excluding hydrogens is 543 g/mol. The van der Waals surface area contributed by atoms with E-state index in [2.05, 4.69) is 16.0 Å². The molecule has 1 saturated heterocycles. The minimum absolute atomic E-state index is 0.152. The van der Waals surface area contributed by atoms with E-state index in [1.807, 2.05) is 75.4 Å². The summed E-state index contributed by atoms with van der Waals surface area (Å²) in [5.41, 5.74) is 3.03. The molecule has 3 aromatic carbocycles. The van der Waals surface area contributed by atoms with Gasteiger partial charge in [-0.25, -0.2) is 9.18 Å². The number of aliphatic hydroxyl groups is 1. The van der Waals surface area contributed by atoms with E-state index < -0.39 is 40.7 Å². The highest BCUT2D eigenvalue weighted by molar-refractivity contribution is 8.00. The largest absolute Gasteiger partial charge is 0.381 e. The van der Waals surface area contributed by atoms with Gasteiger partial charge in [-0.05, 0) is 62.1 Å². The van der Waals surface area contributed by atoms with Crippen LogP contribution in [0.3, 0.4) is 0 Å². The van der Waals surface area contributed by atoms with Crippen LogP contribution in [0.15, 0.2) is 78.9 Å². The van der Waals surface area contributed by atoms with Crippen molar-refractivity contribution in [2.45, 2.75) is 56.7 Å². The molecule has 1 fully saturated rings. The quantitative estimate of drug-likeness (QED) is 0.304. The van der Waals surface area contributed by atoms with Crippen molar-refractivity contribution in [1.82, 2.24) is 15.5 Å². The highest BCUT2D eigenvalue weighted by Gasteiger charge is 2.49. The first-order valence-electron chi connectivity index (χ1n) is 13.4. The van der Waals surface area contributed by atoms with Crippen molar-refractivity contribution in [3.8, 4) is 0 Å². The number of carbonyl (C=O) groups excluding carboxylic acids is 3. The summed E-state index contributed by atoms with van der Waals surface area (Å²) < 4.78 is 13.0. The normalized spacial score (nSPS) is 17.4. The standard InChI is InChI=1S/C31H35FN4O4S/c1-20-10-7-8-13-22(20)18-33-28(38)27-31(2,3)41-19-36(27)29(39)26(37)25(16-21-11-5-4-6-12-21)35-30(40)34-24-15-9-14-23(32)17-24/h4-15,17,25-27,37H,16,18-19H2,1-3H3,(H,33,38)(H2,34,35,40)/t25-,26-,27?/m0/s1. The van der Waals surface area contributed by atoms with Crippen LogP contribution < -0.4 is 16.0 Å². The van der Waals surface area contributed by atoms with Crippen LogP contribution >= 0.6 is 11.8 Å². The van der Waals surface area contributed by atoms with Crippen LogP contribution in [0.25, 0.3) is 0 Å². The van der Waals surface area contributed by atoms with Crippen LogP contribution in [0.2, 0.25) is 0 Å². The number of nitrogens with zero attached hydrogens (tertiary/aromatic N) is 1. The van der Waals surface area contributed by atoms with E-state index in [0.29, 0.717) is 6.54 Å². The first-order chi connectivity index (χ1) is 19.5. The zero-order valence-electron chi connectivity index (χ0n) is 23.3. The predicted molar refractivity (Wildman–Crippen MR) is 159 cm³/mol. The summed E-state index contributed by atoms with van der Waals surface area (Å²) >= 11 is 1.45. The summed E-state index contributed by atoms with van der Waals surface area (Å²) in [7, 11) is 0. The predicted octanol–water partition coefficient (Wildman–Crippen LogP) is 4.22. The minimum Gasteiger partial charge on any atom is -0.381 e. The Hall–Kier alpha value is -3.89. The van der Waals surface area contributed by atoms with Gasteiger partial charge in [0.15, 0.2) is 6.10 Å². The number of carbonyl (C=O) groups is 3. The number of amides is 4. The van der Waals surface area contributed by atoms with Crippen molar-refractivity contribution in [2.75, 3.05) is 11.2 Å². The topological polar surface area (TPSA) is 111 Å². The van der Waals surface area contributed by atoms with Crippen molar-refractivity contribution in [1.29, 1.82) is 0 Å². The zero-order chi connectivity index (χ0) is 29.6. The molecule has 3 aromatic rings. The van der Waals surface area contributed by atoms with E-state index in [1.165, 1.54) is 34.9 Å². The molecule has 216 valence electrons. The highest BCUT2D eigenvalue weighted by atomic mass is 32.2. The summed E-state index contributed by atoms with van der Waals surface area (Å²) in [4.78, 5) is 41.4. The number of halogens is 1. The first-order valence-corrected chi connectivity index (χ1v) is 14.4. The molecule has 0 spiro atoms. The van der Waals surface area contributed by atoms with Crippen molar-refractivity contribution in [2.24, 2.45) is 0 Å². The molecule has 10 heteroatoms. The van der Waals surface area contributed by atoms with E-state index in [1.54, 1.807) is 0 Å². The second kappa shape index (κ2) is 13.2. The first kappa shape index (κ1) is 30.1. The lowest BCUT2D eigenvalue weighted by Gasteiger charge is -2.33. The van der Waals surface area contributed by atoms with Crippen LogP contribution in [-0.4, -0.2) is 56.7 Å². The Kier molecular flexibility index (Phi) is 9.67. The van der Waals surface area contributed by atoms with Crippen LogP contribution in [0.1, 0.15) is 30.5 Å². The third-order valence-electron chi connectivity index (χ3n) is 7.12. The number of hydrogen-bond acceptors (Lipinski definition) is 5. The van der Waals surface area contributed by atoms with E-state index in [9.17, 15) is 23.9 Å². The van der Waals surface area contributed by atoms with Gasteiger partial charge < -0.3 is 26.0 Å². The highest BCUT2D eigenvalue weighted by Crippen LogP contribution is 2.40. The average Bonchev–Trinajstić information content (AvgIpc) is 3.26. The summed E-state index contributed by atoms with van der Waals surface area (Å²) in [5.74, 6) is -1.29. The van der Waals surface area contributed by atoms with Crippen molar-refractivity contribution in [3.63, 3.8) is 0 Å². The van der Waals surface area contributed by atoms with Gasteiger partial charge in [0.2, 0.25) is 5.91 Å². The molecule has 4 amide bonds. The number of benzene rings is 3. The number of aryl methyl sites for hydroxylation is 1. The van der Waals surface area contributed by atoms with Crippen molar-refractivity contribution >= 4 is 35.3 Å². The molecule has 4 N–H and O–H groups in total. The maximum Gasteiger partial charge on any atom is 0.319 e. The van der Waals surface area contributed by atoms with Crippen LogP contribution in [-0.2, 0) is 22.6 Å². The summed E-state index contributed by atoms with van der Waals surface area (Å²) in [6.07, 6.45) is -1.49. The second-order valence-electron chi connectivity index (χ2n) is 10.6.